The minimum absolute atomic E-state index is 0.330. The molecule has 1 aromatic carbocycles. The summed E-state index contributed by atoms with van der Waals surface area (Å²) in [6.45, 7) is 8.17. The number of rotatable bonds is 4. The van der Waals surface area contributed by atoms with Crippen LogP contribution in [0.4, 0.5) is 5.69 Å². The first kappa shape index (κ1) is 14.2. The van der Waals surface area contributed by atoms with Crippen LogP contribution in [0.25, 0.3) is 10.9 Å². The first-order valence-corrected chi connectivity index (χ1v) is 6.73. The summed E-state index contributed by atoms with van der Waals surface area (Å²) in [7, 11) is 0. The molecule has 0 atom stereocenters. The van der Waals surface area contributed by atoms with Crippen molar-refractivity contribution in [2.24, 2.45) is 0 Å². The number of fused-ring (bicyclic) bond motifs is 1. The summed E-state index contributed by atoms with van der Waals surface area (Å²) >= 11 is 0. The molecule has 2 N–H and O–H groups in total. The van der Waals surface area contributed by atoms with E-state index in [0.29, 0.717) is 6.61 Å². The van der Waals surface area contributed by atoms with E-state index < -0.39 is 0 Å². The molecular weight excluding hydrogens is 252 g/mol. The van der Waals surface area contributed by atoms with Crippen LogP contribution in [0, 0.1) is 13.8 Å². The number of carbonyl (C=O) groups is 1. The molecule has 2 rings (SSSR count). The highest BCUT2D eigenvalue weighted by Gasteiger charge is 2.08. The zero-order valence-corrected chi connectivity index (χ0v) is 12.3. The second kappa shape index (κ2) is 5.82. The predicted octanol–water partition coefficient (Wildman–Crippen LogP) is 3.66. The second-order valence-corrected chi connectivity index (χ2v) is 4.81. The first-order valence-electron chi connectivity index (χ1n) is 6.73. The van der Waals surface area contributed by atoms with Gasteiger partial charge in [0.1, 0.15) is 0 Å². The minimum atomic E-state index is -0.330. The van der Waals surface area contributed by atoms with E-state index in [1.54, 1.807) is 6.92 Å². The molecule has 0 aliphatic rings. The van der Waals surface area contributed by atoms with Crippen molar-refractivity contribution >= 4 is 22.6 Å². The number of esters is 1. The largest absolute Gasteiger partial charge is 0.463 e. The lowest BCUT2D eigenvalue weighted by Crippen LogP contribution is -2.04. The molecule has 0 unspecified atom stereocenters. The highest BCUT2D eigenvalue weighted by atomic mass is 16.5. The van der Waals surface area contributed by atoms with Gasteiger partial charge in [-0.3, -0.25) is 0 Å². The smallest absolute Gasteiger partial charge is 0.332 e. The molecule has 1 aromatic heterocycles. The summed E-state index contributed by atoms with van der Waals surface area (Å²) in [5, 5.41) is 4.43. The van der Waals surface area contributed by atoms with Crippen LogP contribution in [0.2, 0.25) is 0 Å². The molecule has 0 saturated carbocycles. The van der Waals surface area contributed by atoms with Gasteiger partial charge in [0.2, 0.25) is 0 Å². The van der Waals surface area contributed by atoms with Gasteiger partial charge in [-0.05, 0) is 39.3 Å². The summed E-state index contributed by atoms with van der Waals surface area (Å²) in [6.07, 6.45) is 1.46. The number of hydrogen-bond donors (Lipinski definition) is 2. The van der Waals surface area contributed by atoms with Crippen LogP contribution in [-0.4, -0.2) is 17.6 Å². The first-order chi connectivity index (χ1) is 9.52. The molecule has 0 spiro atoms. The van der Waals surface area contributed by atoms with Crippen molar-refractivity contribution in [2.45, 2.75) is 27.7 Å². The van der Waals surface area contributed by atoms with Gasteiger partial charge < -0.3 is 15.0 Å². The minimum Gasteiger partial charge on any atom is -0.463 e. The van der Waals surface area contributed by atoms with Gasteiger partial charge in [-0.15, -0.1) is 0 Å². The molecule has 106 valence electrons. The number of nitrogens with one attached hydrogen (secondary N) is 2. The summed E-state index contributed by atoms with van der Waals surface area (Å²) in [5.41, 5.74) is 5.16. The van der Waals surface area contributed by atoms with Crippen molar-refractivity contribution < 1.29 is 9.53 Å². The fraction of sp³-hybridized carbons (Fsp3) is 0.312. The number of H-pyrrole nitrogens is 1. The van der Waals surface area contributed by atoms with Gasteiger partial charge in [-0.25, -0.2) is 4.79 Å². The number of ether oxygens (including phenoxy) is 1. The van der Waals surface area contributed by atoms with Crippen LogP contribution in [0.3, 0.4) is 0 Å². The van der Waals surface area contributed by atoms with Gasteiger partial charge in [0.25, 0.3) is 0 Å². The monoisotopic (exact) mass is 272 g/mol. The average molecular weight is 272 g/mol. The number of para-hydroxylation sites is 1. The Morgan fingerprint density at radius 3 is 2.85 bits per heavy atom. The number of benzene rings is 1. The van der Waals surface area contributed by atoms with E-state index in [4.69, 9.17) is 4.74 Å². The third-order valence-electron chi connectivity index (χ3n) is 3.30. The Hall–Kier alpha value is -2.23. The van der Waals surface area contributed by atoms with Gasteiger partial charge >= 0.3 is 5.97 Å². The topological polar surface area (TPSA) is 54.1 Å². The predicted molar refractivity (Wildman–Crippen MR) is 81.8 cm³/mol. The molecule has 0 radical (unpaired) electrons. The standard InChI is InChI=1S/C16H20N2O2/c1-5-20-15(19)9-10(2)17-14-8-6-7-13-11(3)12(4)18-16(13)14/h6-9,17-18H,5H2,1-4H3/b10-9+. The number of aromatic nitrogens is 1. The number of hydrogen-bond acceptors (Lipinski definition) is 3. The number of aryl methyl sites for hydroxylation is 2. The molecule has 0 aliphatic heterocycles. The third-order valence-corrected chi connectivity index (χ3v) is 3.30. The Balaban J connectivity index is 2.30. The van der Waals surface area contributed by atoms with Gasteiger partial charge in [0.15, 0.2) is 0 Å². The van der Waals surface area contributed by atoms with Gasteiger partial charge in [0.05, 0.1) is 17.8 Å². The molecule has 1 heterocycles. The Morgan fingerprint density at radius 1 is 1.40 bits per heavy atom. The third kappa shape index (κ3) is 2.85. The van der Waals surface area contributed by atoms with Crippen LogP contribution in [0.1, 0.15) is 25.1 Å². The van der Waals surface area contributed by atoms with Crippen LogP contribution < -0.4 is 5.32 Å². The van der Waals surface area contributed by atoms with Gasteiger partial charge in [-0.2, -0.15) is 0 Å². The van der Waals surface area contributed by atoms with Crippen LogP contribution in [-0.2, 0) is 9.53 Å². The van der Waals surface area contributed by atoms with Crippen molar-refractivity contribution in [1.82, 2.24) is 4.98 Å². The number of aromatic amines is 1. The lowest BCUT2D eigenvalue weighted by atomic mass is 10.1. The number of carbonyl (C=O) groups excluding carboxylic acids is 1. The number of allylic oxidation sites excluding steroid dienone is 1. The van der Waals surface area contributed by atoms with Crippen molar-refractivity contribution in [3.8, 4) is 0 Å². The highest BCUT2D eigenvalue weighted by molar-refractivity contribution is 5.95. The maximum Gasteiger partial charge on any atom is 0.332 e. The van der Waals surface area contributed by atoms with E-state index in [9.17, 15) is 4.79 Å². The quantitative estimate of drug-likeness (QED) is 0.659. The van der Waals surface area contributed by atoms with E-state index in [-0.39, 0.29) is 5.97 Å². The van der Waals surface area contributed by atoms with Gasteiger partial charge in [-0.1, -0.05) is 12.1 Å². The summed E-state index contributed by atoms with van der Waals surface area (Å²) in [5.74, 6) is -0.330. The maximum absolute atomic E-state index is 11.4. The summed E-state index contributed by atoms with van der Waals surface area (Å²) in [4.78, 5) is 14.8. The fourth-order valence-electron chi connectivity index (χ4n) is 2.20. The summed E-state index contributed by atoms with van der Waals surface area (Å²) in [6, 6.07) is 6.08. The zero-order valence-electron chi connectivity index (χ0n) is 12.3. The Morgan fingerprint density at radius 2 is 2.15 bits per heavy atom. The van der Waals surface area contributed by atoms with Crippen molar-refractivity contribution in [3.05, 3.63) is 41.2 Å². The average Bonchev–Trinajstić information content (AvgIpc) is 2.67. The molecule has 4 heteroatoms. The van der Waals surface area contributed by atoms with E-state index in [1.165, 1.54) is 17.0 Å². The molecule has 0 bridgehead atoms. The molecule has 0 aliphatic carbocycles. The van der Waals surface area contributed by atoms with Crippen molar-refractivity contribution in [3.63, 3.8) is 0 Å². The van der Waals surface area contributed by atoms with E-state index in [1.807, 2.05) is 19.1 Å². The van der Waals surface area contributed by atoms with E-state index in [0.717, 1.165) is 22.6 Å². The molecule has 4 nitrogen and oxygen atoms in total. The number of anilines is 1. The van der Waals surface area contributed by atoms with Crippen molar-refractivity contribution in [1.29, 1.82) is 0 Å². The summed E-state index contributed by atoms with van der Waals surface area (Å²) < 4.78 is 4.90. The second-order valence-electron chi connectivity index (χ2n) is 4.81. The van der Waals surface area contributed by atoms with Crippen LogP contribution in [0.5, 0.6) is 0 Å². The fourth-order valence-corrected chi connectivity index (χ4v) is 2.20. The normalized spacial score (nSPS) is 11.7. The van der Waals surface area contributed by atoms with Gasteiger partial charge in [0, 0.05) is 22.9 Å². The molecule has 2 aromatic rings. The van der Waals surface area contributed by atoms with E-state index in [2.05, 4.69) is 30.2 Å². The molecular formula is C16H20N2O2. The van der Waals surface area contributed by atoms with Crippen molar-refractivity contribution in [2.75, 3.05) is 11.9 Å². The maximum atomic E-state index is 11.4. The molecule has 0 amide bonds. The Kier molecular flexibility index (Phi) is 4.13. The molecule has 0 saturated heterocycles. The van der Waals surface area contributed by atoms with Crippen LogP contribution in [0.15, 0.2) is 30.0 Å². The lowest BCUT2D eigenvalue weighted by molar-refractivity contribution is -0.137. The Bertz CT molecular complexity index is 668. The molecule has 20 heavy (non-hydrogen) atoms. The van der Waals surface area contributed by atoms with Crippen LogP contribution >= 0.6 is 0 Å². The highest BCUT2D eigenvalue weighted by Crippen LogP contribution is 2.28. The van der Waals surface area contributed by atoms with E-state index >= 15 is 0 Å². The lowest BCUT2D eigenvalue weighted by Gasteiger charge is -2.08. The Labute approximate surface area is 118 Å². The SMILES string of the molecule is CCOC(=O)/C=C(\C)Nc1cccc2c(C)c(C)[nH]c12. The molecule has 0 fully saturated rings. The zero-order chi connectivity index (χ0) is 14.7.